The largest absolute Gasteiger partial charge is 0.444 e. The van der Waals surface area contributed by atoms with E-state index >= 15 is 0 Å². The lowest BCUT2D eigenvalue weighted by Gasteiger charge is -2.31. The summed E-state index contributed by atoms with van der Waals surface area (Å²) >= 11 is 0. The summed E-state index contributed by atoms with van der Waals surface area (Å²) < 4.78 is 5.08. The van der Waals surface area contributed by atoms with Crippen LogP contribution >= 0.6 is 0 Å². The van der Waals surface area contributed by atoms with Crippen molar-refractivity contribution >= 4 is 17.9 Å². The molecule has 1 fully saturated rings. The standard InChI is InChI=1S/C18H27N5O4/c1-18(2,3)27-17(26)22-12-15(24)21-10-13-4-8-23(9-5-13)16(25)14-11-19-6-7-20-14/h6-7,11,13H,4-5,8-10,12H2,1-3H3,(H,21,24)(H,22,26). The van der Waals surface area contributed by atoms with E-state index in [1.165, 1.54) is 18.6 Å². The Morgan fingerprint density at radius 1 is 1.19 bits per heavy atom. The van der Waals surface area contributed by atoms with Gasteiger partial charge in [0.25, 0.3) is 5.91 Å². The van der Waals surface area contributed by atoms with Gasteiger partial charge in [-0.05, 0) is 39.5 Å². The number of carbonyl (C=O) groups excluding carboxylic acids is 3. The molecule has 9 heteroatoms. The molecular formula is C18H27N5O4. The second kappa shape index (κ2) is 9.29. The van der Waals surface area contributed by atoms with Crippen LogP contribution in [0.2, 0.25) is 0 Å². The van der Waals surface area contributed by atoms with Crippen LogP contribution in [0.1, 0.15) is 44.1 Å². The number of nitrogens with one attached hydrogen (secondary N) is 2. The first-order valence-electron chi connectivity index (χ1n) is 9.03. The molecule has 27 heavy (non-hydrogen) atoms. The van der Waals surface area contributed by atoms with Crippen molar-refractivity contribution in [1.29, 1.82) is 0 Å². The number of ether oxygens (including phenoxy) is 1. The Hall–Kier alpha value is -2.71. The lowest BCUT2D eigenvalue weighted by molar-refractivity contribution is -0.120. The first kappa shape index (κ1) is 20.6. The highest BCUT2D eigenvalue weighted by atomic mass is 16.6. The Bertz CT molecular complexity index is 651. The fourth-order valence-electron chi connectivity index (χ4n) is 2.70. The van der Waals surface area contributed by atoms with Crippen LogP contribution in [-0.2, 0) is 9.53 Å². The van der Waals surface area contributed by atoms with E-state index in [0.717, 1.165) is 12.8 Å². The number of hydrogen-bond acceptors (Lipinski definition) is 6. The smallest absolute Gasteiger partial charge is 0.408 e. The monoisotopic (exact) mass is 377 g/mol. The third kappa shape index (κ3) is 7.20. The quantitative estimate of drug-likeness (QED) is 0.790. The number of carbonyl (C=O) groups is 3. The van der Waals surface area contributed by atoms with Crippen molar-refractivity contribution in [3.63, 3.8) is 0 Å². The first-order chi connectivity index (χ1) is 12.7. The molecule has 0 atom stereocenters. The minimum absolute atomic E-state index is 0.118. The number of nitrogens with zero attached hydrogens (tertiary/aromatic N) is 3. The van der Waals surface area contributed by atoms with Crippen LogP contribution in [-0.4, -0.2) is 64.6 Å². The highest BCUT2D eigenvalue weighted by Crippen LogP contribution is 2.17. The molecule has 0 aromatic carbocycles. The SMILES string of the molecule is CC(C)(C)OC(=O)NCC(=O)NCC1CCN(C(=O)c2cnccn2)CC1. The van der Waals surface area contributed by atoms with Gasteiger partial charge in [-0.3, -0.25) is 14.6 Å². The van der Waals surface area contributed by atoms with Gasteiger partial charge in [0, 0.05) is 32.0 Å². The molecule has 0 bridgehead atoms. The Morgan fingerprint density at radius 3 is 2.48 bits per heavy atom. The summed E-state index contributed by atoms with van der Waals surface area (Å²) in [7, 11) is 0. The lowest BCUT2D eigenvalue weighted by atomic mass is 9.96. The van der Waals surface area contributed by atoms with Gasteiger partial charge in [-0.25, -0.2) is 9.78 Å². The highest BCUT2D eigenvalue weighted by molar-refractivity contribution is 5.92. The Balaban J connectivity index is 1.65. The van der Waals surface area contributed by atoms with Crippen LogP contribution < -0.4 is 10.6 Å². The van der Waals surface area contributed by atoms with E-state index in [2.05, 4.69) is 20.6 Å². The normalized spacial score (nSPS) is 15.1. The minimum Gasteiger partial charge on any atom is -0.444 e. The topological polar surface area (TPSA) is 114 Å². The van der Waals surface area contributed by atoms with Gasteiger partial charge in [0.2, 0.25) is 5.91 Å². The van der Waals surface area contributed by atoms with E-state index in [4.69, 9.17) is 4.74 Å². The van der Waals surface area contributed by atoms with Gasteiger partial charge in [0.05, 0.1) is 12.7 Å². The maximum Gasteiger partial charge on any atom is 0.408 e. The molecule has 1 aliphatic rings. The van der Waals surface area contributed by atoms with Crippen molar-refractivity contribution in [3.8, 4) is 0 Å². The average Bonchev–Trinajstić information content (AvgIpc) is 2.64. The summed E-state index contributed by atoms with van der Waals surface area (Å²) in [5.74, 6) is -0.0903. The molecule has 0 saturated carbocycles. The predicted molar refractivity (Wildman–Crippen MR) is 97.9 cm³/mol. The third-order valence-electron chi connectivity index (χ3n) is 4.06. The van der Waals surface area contributed by atoms with Gasteiger partial charge in [-0.15, -0.1) is 0 Å². The average molecular weight is 377 g/mol. The van der Waals surface area contributed by atoms with Gasteiger partial charge >= 0.3 is 6.09 Å². The fraction of sp³-hybridized carbons (Fsp3) is 0.611. The summed E-state index contributed by atoms with van der Waals surface area (Å²) in [5.41, 5.74) is -0.255. The molecule has 1 aliphatic heterocycles. The summed E-state index contributed by atoms with van der Waals surface area (Å²) in [6.45, 7) is 6.90. The van der Waals surface area contributed by atoms with Crippen molar-refractivity contribution in [1.82, 2.24) is 25.5 Å². The fourth-order valence-corrected chi connectivity index (χ4v) is 2.70. The van der Waals surface area contributed by atoms with E-state index in [1.54, 1.807) is 25.7 Å². The molecule has 148 valence electrons. The number of amides is 3. The van der Waals surface area contributed by atoms with Gasteiger partial charge in [-0.1, -0.05) is 0 Å². The van der Waals surface area contributed by atoms with Crippen molar-refractivity contribution in [2.24, 2.45) is 5.92 Å². The lowest BCUT2D eigenvalue weighted by Crippen LogP contribution is -2.44. The van der Waals surface area contributed by atoms with Gasteiger partial charge in [0.1, 0.15) is 11.3 Å². The van der Waals surface area contributed by atoms with Crippen LogP contribution in [0.25, 0.3) is 0 Å². The molecule has 2 rings (SSSR count). The summed E-state index contributed by atoms with van der Waals surface area (Å²) in [6, 6.07) is 0. The van der Waals surface area contributed by atoms with Crippen molar-refractivity contribution in [2.45, 2.75) is 39.2 Å². The number of alkyl carbamates (subject to hydrolysis) is 1. The van der Waals surface area contributed by atoms with Crippen LogP contribution in [0, 0.1) is 5.92 Å². The van der Waals surface area contributed by atoms with E-state index in [9.17, 15) is 14.4 Å². The molecule has 9 nitrogen and oxygen atoms in total. The van der Waals surface area contributed by atoms with Gasteiger partial charge in [0.15, 0.2) is 0 Å². The third-order valence-corrected chi connectivity index (χ3v) is 4.06. The maximum absolute atomic E-state index is 12.3. The van der Waals surface area contributed by atoms with E-state index < -0.39 is 11.7 Å². The van der Waals surface area contributed by atoms with Crippen molar-refractivity contribution < 1.29 is 19.1 Å². The minimum atomic E-state index is -0.617. The van der Waals surface area contributed by atoms with E-state index in [1.807, 2.05) is 0 Å². The summed E-state index contributed by atoms with van der Waals surface area (Å²) in [5, 5.41) is 5.24. The molecule has 0 unspecified atom stereocenters. The van der Waals surface area contributed by atoms with Crippen LogP contribution in [0.15, 0.2) is 18.6 Å². The second-order valence-electron chi connectivity index (χ2n) is 7.49. The number of piperidine rings is 1. The molecule has 1 saturated heterocycles. The number of likely N-dealkylation sites (tertiary alicyclic amines) is 1. The Kier molecular flexibility index (Phi) is 7.09. The molecule has 0 spiro atoms. The summed E-state index contributed by atoms with van der Waals surface area (Å²) in [6.07, 6.45) is 5.47. The molecule has 2 heterocycles. The van der Waals surface area contributed by atoms with Crippen LogP contribution in [0.3, 0.4) is 0 Å². The molecule has 0 radical (unpaired) electrons. The molecule has 2 N–H and O–H groups in total. The molecule has 1 aromatic heterocycles. The Labute approximate surface area is 158 Å². The first-order valence-corrected chi connectivity index (χ1v) is 9.03. The molecule has 0 aliphatic carbocycles. The van der Waals surface area contributed by atoms with E-state index in [0.29, 0.717) is 31.2 Å². The van der Waals surface area contributed by atoms with Crippen LogP contribution in [0.4, 0.5) is 4.79 Å². The van der Waals surface area contributed by atoms with Crippen molar-refractivity contribution in [2.75, 3.05) is 26.2 Å². The van der Waals surface area contributed by atoms with Crippen molar-refractivity contribution in [3.05, 3.63) is 24.3 Å². The molecule has 1 aromatic rings. The summed E-state index contributed by atoms with van der Waals surface area (Å²) in [4.78, 5) is 45.4. The van der Waals surface area contributed by atoms with Gasteiger partial charge in [-0.2, -0.15) is 0 Å². The predicted octanol–water partition coefficient (Wildman–Crippen LogP) is 0.970. The van der Waals surface area contributed by atoms with Crippen LogP contribution in [0.5, 0.6) is 0 Å². The number of aromatic nitrogens is 2. The zero-order chi connectivity index (χ0) is 19.9. The number of rotatable bonds is 5. The van der Waals surface area contributed by atoms with E-state index in [-0.39, 0.29) is 18.4 Å². The zero-order valence-electron chi connectivity index (χ0n) is 16.0. The molecular weight excluding hydrogens is 350 g/mol. The molecule has 3 amide bonds. The Morgan fingerprint density at radius 2 is 1.89 bits per heavy atom. The zero-order valence-corrected chi connectivity index (χ0v) is 16.0. The number of hydrogen-bond donors (Lipinski definition) is 2. The second-order valence-corrected chi connectivity index (χ2v) is 7.49. The maximum atomic E-state index is 12.3. The van der Waals surface area contributed by atoms with Gasteiger partial charge < -0.3 is 20.3 Å². The highest BCUT2D eigenvalue weighted by Gasteiger charge is 2.24.